The SMILES string of the molecule is COc1ccc(Cn2cc(-c3ccccc3)c3ccnc(-c4ccc(Cl)cc4)c32)cc1. The fourth-order valence-electron chi connectivity index (χ4n) is 3.97. The summed E-state index contributed by atoms with van der Waals surface area (Å²) >= 11 is 6.13. The van der Waals surface area contributed by atoms with Crippen molar-refractivity contribution in [1.82, 2.24) is 9.55 Å². The number of nitrogens with zero attached hydrogens (tertiary/aromatic N) is 2. The molecule has 5 rings (SSSR count). The van der Waals surface area contributed by atoms with Crippen LogP contribution in [0.1, 0.15) is 5.56 Å². The van der Waals surface area contributed by atoms with Crippen LogP contribution in [-0.4, -0.2) is 16.7 Å². The molecule has 3 nitrogen and oxygen atoms in total. The predicted molar refractivity (Wildman–Crippen MR) is 128 cm³/mol. The maximum atomic E-state index is 6.13. The smallest absolute Gasteiger partial charge is 0.118 e. The number of benzene rings is 3. The third kappa shape index (κ3) is 3.80. The minimum Gasteiger partial charge on any atom is -0.497 e. The van der Waals surface area contributed by atoms with Crippen molar-refractivity contribution in [3.8, 4) is 28.1 Å². The van der Waals surface area contributed by atoms with Crippen molar-refractivity contribution < 1.29 is 4.74 Å². The van der Waals surface area contributed by atoms with Crippen LogP contribution in [0.5, 0.6) is 5.75 Å². The van der Waals surface area contributed by atoms with E-state index in [1.165, 1.54) is 22.1 Å². The minimum absolute atomic E-state index is 0.717. The van der Waals surface area contributed by atoms with Gasteiger partial charge in [-0.2, -0.15) is 0 Å². The highest BCUT2D eigenvalue weighted by Crippen LogP contribution is 2.36. The number of hydrogen-bond acceptors (Lipinski definition) is 2. The molecule has 31 heavy (non-hydrogen) atoms. The van der Waals surface area contributed by atoms with E-state index in [0.29, 0.717) is 0 Å². The van der Waals surface area contributed by atoms with Gasteiger partial charge in [-0.25, -0.2) is 0 Å². The second-order valence-electron chi connectivity index (χ2n) is 7.45. The van der Waals surface area contributed by atoms with Gasteiger partial charge in [-0.3, -0.25) is 4.98 Å². The average molecular weight is 425 g/mol. The topological polar surface area (TPSA) is 27.1 Å². The van der Waals surface area contributed by atoms with Gasteiger partial charge in [0.1, 0.15) is 5.75 Å². The van der Waals surface area contributed by atoms with Crippen LogP contribution in [0.25, 0.3) is 33.3 Å². The molecule has 0 spiro atoms. The molecule has 152 valence electrons. The Hall–Kier alpha value is -3.56. The lowest BCUT2D eigenvalue weighted by molar-refractivity contribution is 0.414. The first-order valence-corrected chi connectivity index (χ1v) is 10.5. The molecular weight excluding hydrogens is 404 g/mol. The van der Waals surface area contributed by atoms with Gasteiger partial charge < -0.3 is 9.30 Å². The first kappa shape index (κ1) is 19.4. The summed E-state index contributed by atoms with van der Waals surface area (Å²) in [6.45, 7) is 0.736. The molecule has 0 bridgehead atoms. The zero-order valence-corrected chi connectivity index (χ0v) is 17.9. The van der Waals surface area contributed by atoms with E-state index in [-0.39, 0.29) is 0 Å². The summed E-state index contributed by atoms with van der Waals surface area (Å²) in [6, 6.07) is 28.6. The predicted octanol–water partition coefficient (Wildman–Crippen LogP) is 7.08. The molecule has 4 heteroatoms. The molecular formula is C27H21ClN2O. The van der Waals surface area contributed by atoms with Crippen LogP contribution in [0.3, 0.4) is 0 Å². The minimum atomic E-state index is 0.717. The maximum Gasteiger partial charge on any atom is 0.118 e. The summed E-state index contributed by atoms with van der Waals surface area (Å²) in [6.07, 6.45) is 4.11. The van der Waals surface area contributed by atoms with Crippen LogP contribution < -0.4 is 4.74 Å². The van der Waals surface area contributed by atoms with Gasteiger partial charge in [0.25, 0.3) is 0 Å². The monoisotopic (exact) mass is 424 g/mol. The third-order valence-corrected chi connectivity index (χ3v) is 5.75. The third-order valence-electron chi connectivity index (χ3n) is 5.50. The lowest BCUT2D eigenvalue weighted by Crippen LogP contribution is -2.00. The maximum absolute atomic E-state index is 6.13. The Bertz CT molecular complexity index is 1320. The van der Waals surface area contributed by atoms with Crippen LogP contribution >= 0.6 is 11.6 Å². The van der Waals surface area contributed by atoms with E-state index in [0.717, 1.165) is 34.1 Å². The summed E-state index contributed by atoms with van der Waals surface area (Å²) in [7, 11) is 1.69. The molecule has 0 unspecified atom stereocenters. The van der Waals surface area contributed by atoms with E-state index in [4.69, 9.17) is 21.3 Å². The van der Waals surface area contributed by atoms with Crippen LogP contribution in [0.4, 0.5) is 0 Å². The molecule has 0 aliphatic carbocycles. The molecule has 0 saturated carbocycles. The molecule has 0 radical (unpaired) electrons. The highest BCUT2D eigenvalue weighted by molar-refractivity contribution is 6.30. The lowest BCUT2D eigenvalue weighted by Gasteiger charge is -2.10. The van der Waals surface area contributed by atoms with E-state index < -0.39 is 0 Å². The van der Waals surface area contributed by atoms with Crippen LogP contribution in [0, 0.1) is 0 Å². The number of rotatable bonds is 5. The molecule has 0 saturated heterocycles. The first-order chi connectivity index (χ1) is 15.2. The van der Waals surface area contributed by atoms with Crippen LogP contribution in [-0.2, 0) is 6.54 Å². The number of aromatic nitrogens is 2. The second-order valence-corrected chi connectivity index (χ2v) is 7.88. The summed E-state index contributed by atoms with van der Waals surface area (Å²) in [4.78, 5) is 4.76. The largest absolute Gasteiger partial charge is 0.497 e. The van der Waals surface area contributed by atoms with Crippen LogP contribution in [0.15, 0.2) is 97.3 Å². The molecule has 3 aromatic carbocycles. The average Bonchev–Trinajstić information content (AvgIpc) is 3.19. The standard InChI is InChI=1S/C27H21ClN2O/c1-31-23-13-7-19(8-14-23)17-30-18-25(20-5-3-2-4-6-20)24-15-16-29-26(27(24)30)21-9-11-22(28)12-10-21/h2-16,18H,17H2,1H3. The molecule has 2 aromatic heterocycles. The Morgan fingerprint density at radius 3 is 2.29 bits per heavy atom. The van der Waals surface area contributed by atoms with Gasteiger partial charge in [0.15, 0.2) is 0 Å². The summed E-state index contributed by atoms with van der Waals surface area (Å²) in [5, 5.41) is 1.90. The van der Waals surface area contributed by atoms with Crippen molar-refractivity contribution in [2.45, 2.75) is 6.54 Å². The summed E-state index contributed by atoms with van der Waals surface area (Å²) < 4.78 is 7.60. The number of halogens is 1. The lowest BCUT2D eigenvalue weighted by atomic mass is 10.0. The van der Waals surface area contributed by atoms with Crippen molar-refractivity contribution in [3.63, 3.8) is 0 Å². The Labute approximate surface area is 186 Å². The normalized spacial score (nSPS) is 11.0. The van der Waals surface area contributed by atoms with E-state index in [1.807, 2.05) is 48.7 Å². The van der Waals surface area contributed by atoms with Crippen molar-refractivity contribution >= 4 is 22.5 Å². The molecule has 0 N–H and O–H groups in total. The van der Waals surface area contributed by atoms with Gasteiger partial charge in [-0.1, -0.05) is 66.2 Å². The Kier molecular flexibility index (Phi) is 5.19. The Balaban J connectivity index is 1.71. The van der Waals surface area contributed by atoms with Gasteiger partial charge in [0.05, 0.1) is 18.3 Å². The zero-order chi connectivity index (χ0) is 21.2. The van der Waals surface area contributed by atoms with E-state index in [2.05, 4.69) is 53.2 Å². The molecule has 0 aliphatic heterocycles. The molecule has 0 aliphatic rings. The van der Waals surface area contributed by atoms with Gasteiger partial charge in [-0.05, 0) is 41.5 Å². The van der Waals surface area contributed by atoms with Gasteiger partial charge in [0, 0.05) is 40.5 Å². The summed E-state index contributed by atoms with van der Waals surface area (Å²) in [5.74, 6) is 0.856. The van der Waals surface area contributed by atoms with Gasteiger partial charge >= 0.3 is 0 Å². The molecule has 0 amide bonds. The zero-order valence-electron chi connectivity index (χ0n) is 17.1. The van der Waals surface area contributed by atoms with Crippen molar-refractivity contribution in [3.05, 3.63) is 108 Å². The second kappa shape index (κ2) is 8.29. The summed E-state index contributed by atoms with van der Waals surface area (Å²) in [5.41, 5.74) is 6.69. The van der Waals surface area contributed by atoms with Crippen molar-refractivity contribution in [2.75, 3.05) is 7.11 Å². The quantitative estimate of drug-likeness (QED) is 0.301. The molecule has 5 aromatic rings. The fraction of sp³-hybridized carbons (Fsp3) is 0.0741. The van der Waals surface area contributed by atoms with Gasteiger partial charge in [0.2, 0.25) is 0 Å². The Morgan fingerprint density at radius 2 is 1.58 bits per heavy atom. The van der Waals surface area contributed by atoms with Crippen LogP contribution in [0.2, 0.25) is 5.02 Å². The molecule has 0 atom stereocenters. The van der Waals surface area contributed by atoms with E-state index in [9.17, 15) is 0 Å². The highest BCUT2D eigenvalue weighted by Gasteiger charge is 2.16. The first-order valence-electron chi connectivity index (χ1n) is 10.1. The van der Waals surface area contributed by atoms with Crippen molar-refractivity contribution in [1.29, 1.82) is 0 Å². The fourth-order valence-corrected chi connectivity index (χ4v) is 4.10. The van der Waals surface area contributed by atoms with E-state index in [1.54, 1.807) is 7.11 Å². The number of hydrogen-bond donors (Lipinski definition) is 0. The molecule has 0 fully saturated rings. The number of methoxy groups -OCH3 is 1. The van der Waals surface area contributed by atoms with Gasteiger partial charge in [-0.15, -0.1) is 0 Å². The molecule has 2 heterocycles. The van der Waals surface area contributed by atoms with E-state index >= 15 is 0 Å². The number of fused-ring (bicyclic) bond motifs is 1. The number of ether oxygens (including phenoxy) is 1. The van der Waals surface area contributed by atoms with Crippen molar-refractivity contribution in [2.24, 2.45) is 0 Å². The Morgan fingerprint density at radius 1 is 0.839 bits per heavy atom. The highest BCUT2D eigenvalue weighted by atomic mass is 35.5. The number of pyridine rings is 1.